The molecular formula is C7H6F2N2O. The predicted octanol–water partition coefficient (Wildman–Crippen LogP) is 0.646. The lowest BCUT2D eigenvalue weighted by Crippen LogP contribution is -2.16. The number of nitrogens with two attached hydrogens (primary N) is 2. The summed E-state index contributed by atoms with van der Waals surface area (Å²) in [7, 11) is 0. The van der Waals surface area contributed by atoms with Crippen LogP contribution in [0.15, 0.2) is 12.1 Å². The third-order valence-electron chi connectivity index (χ3n) is 1.39. The minimum Gasteiger partial charge on any atom is -0.396 e. The van der Waals surface area contributed by atoms with E-state index in [-0.39, 0.29) is 0 Å². The van der Waals surface area contributed by atoms with E-state index in [4.69, 9.17) is 11.5 Å². The molecule has 0 aliphatic carbocycles. The smallest absolute Gasteiger partial charge is 0.253 e. The molecule has 3 nitrogen and oxygen atoms in total. The van der Waals surface area contributed by atoms with Crippen molar-refractivity contribution >= 4 is 11.6 Å². The first-order chi connectivity index (χ1) is 5.54. The second-order valence-corrected chi connectivity index (χ2v) is 2.18. The molecule has 1 rings (SSSR count). The Morgan fingerprint density at radius 1 is 1.25 bits per heavy atom. The Bertz CT molecular complexity index is 338. The molecule has 0 unspecified atom stereocenters. The van der Waals surface area contributed by atoms with Crippen molar-refractivity contribution in [3.05, 3.63) is 29.3 Å². The van der Waals surface area contributed by atoms with Gasteiger partial charge in [-0.25, -0.2) is 8.78 Å². The quantitative estimate of drug-likeness (QED) is 0.610. The highest BCUT2D eigenvalue weighted by Crippen LogP contribution is 2.18. The van der Waals surface area contributed by atoms with Crippen LogP contribution in [-0.2, 0) is 0 Å². The molecular weight excluding hydrogens is 166 g/mol. The number of halogens is 2. The van der Waals surface area contributed by atoms with Crippen molar-refractivity contribution in [1.29, 1.82) is 0 Å². The molecule has 0 spiro atoms. The van der Waals surface area contributed by atoms with E-state index < -0.39 is 28.8 Å². The van der Waals surface area contributed by atoms with Gasteiger partial charge in [0.05, 0.1) is 5.69 Å². The second-order valence-electron chi connectivity index (χ2n) is 2.18. The van der Waals surface area contributed by atoms with Crippen LogP contribution in [0.4, 0.5) is 14.5 Å². The van der Waals surface area contributed by atoms with Crippen molar-refractivity contribution in [3.63, 3.8) is 0 Å². The fourth-order valence-electron chi connectivity index (χ4n) is 0.818. The van der Waals surface area contributed by atoms with E-state index in [1.165, 1.54) is 0 Å². The third kappa shape index (κ3) is 1.20. The van der Waals surface area contributed by atoms with Crippen LogP contribution >= 0.6 is 0 Å². The zero-order valence-electron chi connectivity index (χ0n) is 5.97. The van der Waals surface area contributed by atoms with E-state index in [1.54, 1.807) is 0 Å². The van der Waals surface area contributed by atoms with Crippen LogP contribution < -0.4 is 11.5 Å². The van der Waals surface area contributed by atoms with Gasteiger partial charge in [0.25, 0.3) is 5.91 Å². The normalized spacial score (nSPS) is 9.83. The Kier molecular flexibility index (Phi) is 1.95. The summed E-state index contributed by atoms with van der Waals surface area (Å²) >= 11 is 0. The minimum atomic E-state index is -1.08. The molecule has 0 saturated carbocycles. The van der Waals surface area contributed by atoms with E-state index in [2.05, 4.69) is 0 Å². The van der Waals surface area contributed by atoms with E-state index >= 15 is 0 Å². The minimum absolute atomic E-state index is 0.553. The molecule has 0 fully saturated rings. The number of rotatable bonds is 1. The summed E-state index contributed by atoms with van der Waals surface area (Å²) in [4.78, 5) is 10.5. The van der Waals surface area contributed by atoms with Gasteiger partial charge in [0.15, 0.2) is 0 Å². The number of carbonyl (C=O) groups excluding carboxylic acids is 1. The first kappa shape index (κ1) is 8.45. The molecule has 1 aromatic rings. The van der Waals surface area contributed by atoms with Gasteiger partial charge in [-0.15, -0.1) is 0 Å². The molecule has 12 heavy (non-hydrogen) atoms. The van der Waals surface area contributed by atoms with E-state index in [0.29, 0.717) is 0 Å². The highest BCUT2D eigenvalue weighted by Gasteiger charge is 2.15. The van der Waals surface area contributed by atoms with Gasteiger partial charge in [-0.05, 0) is 12.1 Å². The first-order valence-electron chi connectivity index (χ1n) is 3.07. The van der Waals surface area contributed by atoms with Gasteiger partial charge in [0.2, 0.25) is 0 Å². The summed E-state index contributed by atoms with van der Waals surface area (Å²) in [6, 6.07) is 1.63. The SMILES string of the molecule is NC(=O)c1c(F)ccc(F)c1N. The highest BCUT2D eigenvalue weighted by molar-refractivity contribution is 5.98. The van der Waals surface area contributed by atoms with Crippen molar-refractivity contribution in [2.24, 2.45) is 5.73 Å². The fourth-order valence-corrected chi connectivity index (χ4v) is 0.818. The molecule has 0 aliphatic heterocycles. The van der Waals surface area contributed by atoms with Gasteiger partial charge < -0.3 is 11.5 Å². The van der Waals surface area contributed by atoms with E-state index in [1.807, 2.05) is 0 Å². The van der Waals surface area contributed by atoms with Crippen LogP contribution in [0.1, 0.15) is 10.4 Å². The molecule has 0 saturated heterocycles. The molecule has 0 radical (unpaired) electrons. The fraction of sp³-hybridized carbons (Fsp3) is 0. The number of carbonyl (C=O) groups is 1. The van der Waals surface area contributed by atoms with Gasteiger partial charge in [-0.2, -0.15) is 0 Å². The second kappa shape index (κ2) is 2.77. The number of hydrogen-bond acceptors (Lipinski definition) is 2. The van der Waals surface area contributed by atoms with E-state index in [9.17, 15) is 13.6 Å². The van der Waals surface area contributed by atoms with Crippen LogP contribution in [-0.4, -0.2) is 5.91 Å². The standard InChI is InChI=1S/C7H6F2N2O/c8-3-1-2-4(9)6(10)5(3)7(11)12/h1-2H,10H2,(H2,11,12). The summed E-state index contributed by atoms with van der Waals surface area (Å²) in [5.74, 6) is -2.85. The van der Waals surface area contributed by atoms with Crippen molar-refractivity contribution < 1.29 is 13.6 Å². The molecule has 0 heterocycles. The molecule has 0 atom stereocenters. The highest BCUT2D eigenvalue weighted by atomic mass is 19.1. The summed E-state index contributed by atoms with van der Waals surface area (Å²) in [6.45, 7) is 0. The molecule has 4 N–H and O–H groups in total. The van der Waals surface area contributed by atoms with Gasteiger partial charge in [0.1, 0.15) is 17.2 Å². The maximum Gasteiger partial charge on any atom is 0.253 e. The number of anilines is 1. The Hall–Kier alpha value is -1.65. The lowest BCUT2D eigenvalue weighted by molar-refractivity contribution is 0.0997. The van der Waals surface area contributed by atoms with Crippen molar-refractivity contribution in [2.45, 2.75) is 0 Å². The molecule has 0 bridgehead atoms. The molecule has 5 heteroatoms. The van der Waals surface area contributed by atoms with Gasteiger partial charge in [-0.3, -0.25) is 4.79 Å². The molecule has 64 valence electrons. The van der Waals surface area contributed by atoms with Crippen LogP contribution in [0.25, 0.3) is 0 Å². The zero-order chi connectivity index (χ0) is 9.30. The Morgan fingerprint density at radius 3 is 2.17 bits per heavy atom. The Labute approximate surface area is 67.0 Å². The van der Waals surface area contributed by atoms with Gasteiger partial charge in [0, 0.05) is 0 Å². The van der Waals surface area contributed by atoms with Crippen LogP contribution in [0.5, 0.6) is 0 Å². The van der Waals surface area contributed by atoms with Gasteiger partial charge >= 0.3 is 0 Å². The van der Waals surface area contributed by atoms with Crippen LogP contribution in [0.2, 0.25) is 0 Å². The summed E-state index contributed by atoms with van der Waals surface area (Å²) in [5.41, 5.74) is 8.67. The van der Waals surface area contributed by atoms with Crippen molar-refractivity contribution in [2.75, 3.05) is 5.73 Å². The summed E-state index contributed by atoms with van der Waals surface area (Å²) in [5, 5.41) is 0. The van der Waals surface area contributed by atoms with Crippen molar-refractivity contribution in [3.8, 4) is 0 Å². The average molecular weight is 172 g/mol. The number of primary amides is 1. The predicted molar refractivity (Wildman–Crippen MR) is 39.3 cm³/mol. The van der Waals surface area contributed by atoms with Crippen LogP contribution in [0.3, 0.4) is 0 Å². The molecule has 0 aromatic heterocycles. The third-order valence-corrected chi connectivity index (χ3v) is 1.39. The monoisotopic (exact) mass is 172 g/mol. The average Bonchev–Trinajstić information content (AvgIpc) is 1.97. The number of benzene rings is 1. The molecule has 1 amide bonds. The lowest BCUT2D eigenvalue weighted by atomic mass is 10.1. The topological polar surface area (TPSA) is 69.1 Å². The van der Waals surface area contributed by atoms with Gasteiger partial charge in [-0.1, -0.05) is 0 Å². The number of nitrogen functional groups attached to an aromatic ring is 1. The number of amides is 1. The largest absolute Gasteiger partial charge is 0.396 e. The van der Waals surface area contributed by atoms with Crippen molar-refractivity contribution in [1.82, 2.24) is 0 Å². The zero-order valence-corrected chi connectivity index (χ0v) is 5.97. The van der Waals surface area contributed by atoms with E-state index in [0.717, 1.165) is 12.1 Å². The Balaban J connectivity index is 3.43. The summed E-state index contributed by atoms with van der Waals surface area (Å²) < 4.78 is 25.4. The molecule has 0 aliphatic rings. The molecule has 1 aromatic carbocycles. The van der Waals surface area contributed by atoms with Crippen LogP contribution in [0, 0.1) is 11.6 Å². The summed E-state index contributed by atoms with van der Waals surface area (Å²) in [6.07, 6.45) is 0. The first-order valence-corrected chi connectivity index (χ1v) is 3.07. The maximum atomic E-state index is 12.7. The number of hydrogen-bond donors (Lipinski definition) is 2. The lowest BCUT2D eigenvalue weighted by Gasteiger charge is -2.02. The maximum absolute atomic E-state index is 12.7. The Morgan fingerprint density at radius 2 is 1.75 bits per heavy atom.